The molecule has 2 rings (SSSR count). The number of carbonyl (C=O) groups excluding carboxylic acids is 1. The Labute approximate surface area is 153 Å². The first-order valence-corrected chi connectivity index (χ1v) is 9.00. The highest BCUT2D eigenvalue weighted by Crippen LogP contribution is 2.21. The molecular formula is C18H27N5O3. The van der Waals surface area contributed by atoms with Crippen molar-refractivity contribution in [1.82, 2.24) is 15.5 Å². The molecule has 142 valence electrons. The molecule has 0 radical (unpaired) electrons. The molecule has 0 spiro atoms. The number of non-ortho nitro benzene ring substituents is 1. The number of nitrogens with zero attached hydrogens (tertiary/aromatic N) is 3. The second-order valence-corrected chi connectivity index (χ2v) is 6.40. The Kier molecular flexibility index (Phi) is 7.37. The molecule has 8 nitrogen and oxygen atoms in total. The molecule has 26 heavy (non-hydrogen) atoms. The fraction of sp³-hybridized carbons (Fsp3) is 0.556. The van der Waals surface area contributed by atoms with Crippen molar-refractivity contribution in [2.24, 2.45) is 10.9 Å². The molecule has 0 bridgehead atoms. The van der Waals surface area contributed by atoms with E-state index in [1.54, 1.807) is 19.2 Å². The highest BCUT2D eigenvalue weighted by atomic mass is 16.6. The number of guanidine groups is 1. The average Bonchev–Trinajstić information content (AvgIpc) is 2.66. The smallest absolute Gasteiger partial charge is 0.269 e. The van der Waals surface area contributed by atoms with Crippen LogP contribution in [0, 0.1) is 16.0 Å². The van der Waals surface area contributed by atoms with Gasteiger partial charge in [-0.25, -0.2) is 4.99 Å². The fourth-order valence-corrected chi connectivity index (χ4v) is 3.07. The van der Waals surface area contributed by atoms with E-state index in [1.807, 2.05) is 13.0 Å². The van der Waals surface area contributed by atoms with E-state index in [-0.39, 0.29) is 11.6 Å². The molecule has 1 aliphatic rings. The Morgan fingerprint density at radius 3 is 2.73 bits per heavy atom. The first-order valence-electron chi connectivity index (χ1n) is 9.00. The number of hydrogen-bond donors (Lipinski definition) is 2. The van der Waals surface area contributed by atoms with Crippen molar-refractivity contribution in [2.75, 3.05) is 26.7 Å². The summed E-state index contributed by atoms with van der Waals surface area (Å²) in [6.45, 7) is 4.86. The summed E-state index contributed by atoms with van der Waals surface area (Å²) in [6.07, 6.45) is 2.48. The fourth-order valence-electron chi connectivity index (χ4n) is 3.07. The van der Waals surface area contributed by atoms with Gasteiger partial charge in [0.05, 0.1) is 11.5 Å². The molecule has 2 N–H and O–H groups in total. The molecule has 8 heteroatoms. The van der Waals surface area contributed by atoms with Gasteiger partial charge in [-0.05, 0) is 31.2 Å². The summed E-state index contributed by atoms with van der Waals surface area (Å²) >= 11 is 0. The van der Waals surface area contributed by atoms with Crippen molar-refractivity contribution in [3.05, 3.63) is 39.9 Å². The first-order chi connectivity index (χ1) is 12.5. The summed E-state index contributed by atoms with van der Waals surface area (Å²) in [5.74, 6) is 1.32. The normalized spacial score (nSPS) is 15.6. The number of piperidine rings is 1. The van der Waals surface area contributed by atoms with Crippen LogP contribution in [0.4, 0.5) is 5.69 Å². The van der Waals surface area contributed by atoms with Crippen LogP contribution in [0.15, 0.2) is 29.3 Å². The van der Waals surface area contributed by atoms with Gasteiger partial charge in [0, 0.05) is 45.2 Å². The van der Waals surface area contributed by atoms with Crippen LogP contribution in [0.5, 0.6) is 0 Å². The van der Waals surface area contributed by atoms with Gasteiger partial charge in [-0.1, -0.05) is 12.1 Å². The minimum absolute atomic E-state index is 0.0812. The molecule has 0 unspecified atom stereocenters. The maximum atomic E-state index is 11.5. The van der Waals surface area contributed by atoms with Crippen molar-refractivity contribution in [1.29, 1.82) is 0 Å². The van der Waals surface area contributed by atoms with Crippen LogP contribution in [0.3, 0.4) is 0 Å². The van der Waals surface area contributed by atoms with Crippen LogP contribution >= 0.6 is 0 Å². The molecule has 0 aromatic heterocycles. The van der Waals surface area contributed by atoms with Crippen LogP contribution < -0.4 is 10.6 Å². The van der Waals surface area contributed by atoms with Crippen molar-refractivity contribution < 1.29 is 9.72 Å². The zero-order chi connectivity index (χ0) is 18.9. The third kappa shape index (κ3) is 5.72. The number of hydrogen-bond acceptors (Lipinski definition) is 4. The third-order valence-corrected chi connectivity index (χ3v) is 4.53. The third-order valence-electron chi connectivity index (χ3n) is 4.53. The Morgan fingerprint density at radius 1 is 1.38 bits per heavy atom. The summed E-state index contributed by atoms with van der Waals surface area (Å²) in [5.41, 5.74) is 0.891. The molecule has 1 aliphatic heterocycles. The number of nitro groups is 1. The Morgan fingerprint density at radius 2 is 2.12 bits per heavy atom. The van der Waals surface area contributed by atoms with Gasteiger partial charge in [-0.3, -0.25) is 14.9 Å². The quantitative estimate of drug-likeness (QED) is 0.349. The second-order valence-electron chi connectivity index (χ2n) is 6.40. The van der Waals surface area contributed by atoms with Gasteiger partial charge in [-0.15, -0.1) is 0 Å². The zero-order valence-electron chi connectivity index (χ0n) is 15.4. The van der Waals surface area contributed by atoms with Crippen LogP contribution in [0.25, 0.3) is 0 Å². The standard InChI is InChI=1S/C18H27N5O3/c1-3-20-18(21-13-15-5-4-6-16(11-15)23(25)26)22-9-7-14(8-10-22)12-17(24)19-2/h4-6,11,14H,3,7-10,12-13H2,1-2H3,(H,19,24)(H,20,21). The second kappa shape index (κ2) is 9.74. The van der Waals surface area contributed by atoms with E-state index in [1.165, 1.54) is 6.07 Å². The Balaban J connectivity index is 1.98. The maximum absolute atomic E-state index is 11.5. The molecule has 1 fully saturated rings. The summed E-state index contributed by atoms with van der Waals surface area (Å²) in [4.78, 5) is 28.9. The monoisotopic (exact) mass is 361 g/mol. The predicted molar refractivity (Wildman–Crippen MR) is 101 cm³/mol. The number of nitrogens with one attached hydrogen (secondary N) is 2. The molecule has 1 aromatic carbocycles. The van der Waals surface area contributed by atoms with Crippen molar-refractivity contribution in [3.8, 4) is 0 Å². The summed E-state index contributed by atoms with van der Waals surface area (Å²) < 4.78 is 0. The lowest BCUT2D eigenvalue weighted by molar-refractivity contribution is -0.384. The number of rotatable bonds is 6. The van der Waals surface area contributed by atoms with E-state index in [9.17, 15) is 14.9 Å². The number of benzene rings is 1. The van der Waals surface area contributed by atoms with Gasteiger partial charge in [0.25, 0.3) is 5.69 Å². The van der Waals surface area contributed by atoms with Crippen LogP contribution in [0.2, 0.25) is 0 Å². The van der Waals surface area contributed by atoms with Crippen molar-refractivity contribution in [3.63, 3.8) is 0 Å². The number of aliphatic imine (C=N–C) groups is 1. The Bertz CT molecular complexity index is 654. The molecule has 1 heterocycles. The van der Waals surface area contributed by atoms with Gasteiger partial charge >= 0.3 is 0 Å². The summed E-state index contributed by atoms with van der Waals surface area (Å²) in [5, 5.41) is 16.9. The van der Waals surface area contributed by atoms with Gasteiger partial charge in [0.2, 0.25) is 5.91 Å². The molecule has 0 atom stereocenters. The molecule has 0 aliphatic carbocycles. The topological polar surface area (TPSA) is 99.9 Å². The lowest BCUT2D eigenvalue weighted by Gasteiger charge is -2.34. The van der Waals surface area contributed by atoms with Gasteiger partial charge in [0.1, 0.15) is 0 Å². The molecule has 1 saturated heterocycles. The van der Waals surface area contributed by atoms with E-state index in [0.717, 1.165) is 44.0 Å². The highest BCUT2D eigenvalue weighted by Gasteiger charge is 2.23. The van der Waals surface area contributed by atoms with Crippen LogP contribution in [-0.2, 0) is 11.3 Å². The maximum Gasteiger partial charge on any atom is 0.269 e. The van der Waals surface area contributed by atoms with E-state index < -0.39 is 4.92 Å². The number of likely N-dealkylation sites (tertiary alicyclic amines) is 1. The zero-order valence-corrected chi connectivity index (χ0v) is 15.4. The Hall–Kier alpha value is -2.64. The lowest BCUT2D eigenvalue weighted by atomic mass is 9.93. The first kappa shape index (κ1) is 19.7. The SMILES string of the molecule is CCNC(=NCc1cccc([N+](=O)[O-])c1)N1CCC(CC(=O)NC)CC1. The van der Waals surface area contributed by atoms with E-state index in [2.05, 4.69) is 20.5 Å². The van der Waals surface area contributed by atoms with Crippen LogP contribution in [0.1, 0.15) is 31.7 Å². The highest BCUT2D eigenvalue weighted by molar-refractivity contribution is 5.80. The van der Waals surface area contributed by atoms with Crippen LogP contribution in [-0.4, -0.2) is 48.4 Å². The van der Waals surface area contributed by atoms with Crippen molar-refractivity contribution >= 4 is 17.6 Å². The van der Waals surface area contributed by atoms with Gasteiger partial charge < -0.3 is 15.5 Å². The van der Waals surface area contributed by atoms with Gasteiger partial charge in [-0.2, -0.15) is 0 Å². The molecular weight excluding hydrogens is 334 g/mol. The number of nitro benzene ring substituents is 1. The van der Waals surface area contributed by atoms with Gasteiger partial charge in [0.15, 0.2) is 5.96 Å². The molecule has 0 saturated carbocycles. The molecule has 1 amide bonds. The summed E-state index contributed by atoms with van der Waals surface area (Å²) in [7, 11) is 1.67. The number of carbonyl (C=O) groups is 1. The van der Waals surface area contributed by atoms with Crippen molar-refractivity contribution in [2.45, 2.75) is 32.7 Å². The lowest BCUT2D eigenvalue weighted by Crippen LogP contribution is -2.46. The average molecular weight is 361 g/mol. The summed E-state index contributed by atoms with van der Waals surface area (Å²) in [6, 6.07) is 6.56. The minimum Gasteiger partial charge on any atom is -0.359 e. The minimum atomic E-state index is -0.393. The largest absolute Gasteiger partial charge is 0.359 e. The molecule has 1 aromatic rings. The van der Waals surface area contributed by atoms with E-state index in [4.69, 9.17) is 0 Å². The van der Waals surface area contributed by atoms with E-state index in [0.29, 0.717) is 18.9 Å². The predicted octanol–water partition coefficient (Wildman–Crippen LogP) is 1.91. The van der Waals surface area contributed by atoms with E-state index >= 15 is 0 Å². The number of amides is 1.